The topological polar surface area (TPSA) is 63.9 Å². The summed E-state index contributed by atoms with van der Waals surface area (Å²) < 4.78 is 12.9. The van der Waals surface area contributed by atoms with Crippen LogP contribution in [0.2, 0.25) is 0 Å². The van der Waals surface area contributed by atoms with Gasteiger partial charge in [0.2, 0.25) is 0 Å². The molecular formula is C26H29N5O2. The van der Waals surface area contributed by atoms with E-state index in [1.165, 1.54) is 11.3 Å². The van der Waals surface area contributed by atoms with Gasteiger partial charge in [-0.1, -0.05) is 19.9 Å². The summed E-state index contributed by atoms with van der Waals surface area (Å²) in [6.45, 7) is 7.79. The highest BCUT2D eigenvalue weighted by Crippen LogP contribution is 2.35. The Hall–Kier alpha value is -3.58. The normalized spacial score (nSPS) is 14.1. The SMILES string of the molecule is COc1ccc(C(C)C)cc1-c1cnn2ccc(Nc3ccc(N4CCOCC4)cc3)nc12. The van der Waals surface area contributed by atoms with Crippen LogP contribution in [0.25, 0.3) is 16.8 Å². The lowest BCUT2D eigenvalue weighted by atomic mass is 9.97. The summed E-state index contributed by atoms with van der Waals surface area (Å²) in [4.78, 5) is 7.22. The fraction of sp³-hybridized carbons (Fsp3) is 0.308. The number of ether oxygens (including phenoxy) is 2. The van der Waals surface area contributed by atoms with Gasteiger partial charge in [-0.2, -0.15) is 5.10 Å². The molecule has 1 fully saturated rings. The Morgan fingerprint density at radius 3 is 2.52 bits per heavy atom. The van der Waals surface area contributed by atoms with Gasteiger partial charge in [0.15, 0.2) is 5.65 Å². The molecule has 0 radical (unpaired) electrons. The van der Waals surface area contributed by atoms with E-state index >= 15 is 0 Å². The number of morpholine rings is 1. The summed E-state index contributed by atoms with van der Waals surface area (Å²) in [6.07, 6.45) is 3.78. The average molecular weight is 444 g/mol. The molecule has 0 atom stereocenters. The van der Waals surface area contributed by atoms with Crippen molar-refractivity contribution in [2.45, 2.75) is 19.8 Å². The number of anilines is 3. The predicted molar refractivity (Wildman–Crippen MR) is 132 cm³/mol. The number of rotatable bonds is 6. The molecule has 170 valence electrons. The van der Waals surface area contributed by atoms with Gasteiger partial charge in [0, 0.05) is 36.2 Å². The van der Waals surface area contributed by atoms with Crippen molar-refractivity contribution in [3.8, 4) is 16.9 Å². The molecule has 0 amide bonds. The van der Waals surface area contributed by atoms with E-state index in [4.69, 9.17) is 14.5 Å². The maximum Gasteiger partial charge on any atom is 0.165 e. The molecule has 2 aromatic carbocycles. The number of hydrogen-bond acceptors (Lipinski definition) is 6. The van der Waals surface area contributed by atoms with Gasteiger partial charge in [0.25, 0.3) is 0 Å². The molecule has 7 nitrogen and oxygen atoms in total. The van der Waals surface area contributed by atoms with E-state index in [0.717, 1.165) is 60.3 Å². The van der Waals surface area contributed by atoms with Crippen LogP contribution in [0.1, 0.15) is 25.3 Å². The molecule has 0 spiro atoms. The minimum Gasteiger partial charge on any atom is -0.496 e. The monoisotopic (exact) mass is 443 g/mol. The van der Waals surface area contributed by atoms with Crippen LogP contribution in [-0.2, 0) is 4.74 Å². The third kappa shape index (κ3) is 4.36. The summed E-state index contributed by atoms with van der Waals surface area (Å²) >= 11 is 0. The molecule has 4 aromatic rings. The minimum atomic E-state index is 0.419. The average Bonchev–Trinajstić information content (AvgIpc) is 3.27. The van der Waals surface area contributed by atoms with Crippen LogP contribution in [-0.4, -0.2) is 48.0 Å². The van der Waals surface area contributed by atoms with Crippen molar-refractivity contribution >= 4 is 22.8 Å². The van der Waals surface area contributed by atoms with E-state index in [2.05, 4.69) is 65.6 Å². The van der Waals surface area contributed by atoms with Gasteiger partial charge in [0.1, 0.15) is 11.6 Å². The van der Waals surface area contributed by atoms with E-state index < -0.39 is 0 Å². The zero-order chi connectivity index (χ0) is 22.8. The maximum absolute atomic E-state index is 5.65. The van der Waals surface area contributed by atoms with Crippen molar-refractivity contribution in [1.29, 1.82) is 0 Å². The van der Waals surface area contributed by atoms with Gasteiger partial charge in [0.05, 0.1) is 32.1 Å². The Bertz CT molecular complexity index is 1240. The molecule has 3 heterocycles. The predicted octanol–water partition coefficient (Wildman–Crippen LogP) is 5.11. The number of nitrogens with zero attached hydrogens (tertiary/aromatic N) is 4. The van der Waals surface area contributed by atoms with Gasteiger partial charge in [-0.25, -0.2) is 9.50 Å². The standard InChI is InChI=1S/C26H29N5O2/c1-18(2)19-4-9-24(32-3)22(16-19)23-17-27-31-11-10-25(29-26(23)31)28-20-5-7-21(8-6-20)30-12-14-33-15-13-30/h4-11,16-18H,12-15H2,1-3H3,(H,28,29). The first-order valence-electron chi connectivity index (χ1n) is 11.3. The largest absolute Gasteiger partial charge is 0.496 e. The summed E-state index contributed by atoms with van der Waals surface area (Å²) in [6, 6.07) is 16.7. The highest BCUT2D eigenvalue weighted by atomic mass is 16.5. The zero-order valence-electron chi connectivity index (χ0n) is 19.3. The zero-order valence-corrected chi connectivity index (χ0v) is 19.3. The van der Waals surface area contributed by atoms with Crippen LogP contribution >= 0.6 is 0 Å². The first kappa shape index (κ1) is 21.3. The Balaban J connectivity index is 1.44. The fourth-order valence-corrected chi connectivity index (χ4v) is 4.15. The van der Waals surface area contributed by atoms with Crippen LogP contribution in [0.15, 0.2) is 60.9 Å². The second kappa shape index (κ2) is 9.11. The molecule has 1 saturated heterocycles. The molecule has 1 N–H and O–H groups in total. The molecule has 1 aliphatic heterocycles. The first-order valence-corrected chi connectivity index (χ1v) is 11.3. The summed E-state index contributed by atoms with van der Waals surface area (Å²) in [5.74, 6) is 2.00. The quantitative estimate of drug-likeness (QED) is 0.447. The van der Waals surface area contributed by atoms with E-state index in [1.54, 1.807) is 11.6 Å². The third-order valence-corrected chi connectivity index (χ3v) is 6.07. The van der Waals surface area contributed by atoms with E-state index in [9.17, 15) is 0 Å². The van der Waals surface area contributed by atoms with Crippen molar-refractivity contribution in [2.75, 3.05) is 43.6 Å². The number of hydrogen-bond donors (Lipinski definition) is 1. The van der Waals surface area contributed by atoms with Gasteiger partial charge in [-0.15, -0.1) is 0 Å². The van der Waals surface area contributed by atoms with Crippen LogP contribution < -0.4 is 15.0 Å². The molecule has 0 saturated carbocycles. The highest BCUT2D eigenvalue weighted by molar-refractivity contribution is 5.82. The van der Waals surface area contributed by atoms with Gasteiger partial charge < -0.3 is 19.7 Å². The van der Waals surface area contributed by atoms with Crippen molar-refractivity contribution < 1.29 is 9.47 Å². The second-order valence-electron chi connectivity index (χ2n) is 8.52. The third-order valence-electron chi connectivity index (χ3n) is 6.07. The molecule has 2 aromatic heterocycles. The second-order valence-corrected chi connectivity index (χ2v) is 8.52. The highest BCUT2D eigenvalue weighted by Gasteiger charge is 2.16. The number of methoxy groups -OCH3 is 1. The number of nitrogens with one attached hydrogen (secondary N) is 1. The van der Waals surface area contributed by atoms with Crippen LogP contribution in [0.4, 0.5) is 17.2 Å². The molecule has 5 rings (SSSR count). The smallest absolute Gasteiger partial charge is 0.165 e. The molecule has 33 heavy (non-hydrogen) atoms. The van der Waals surface area contributed by atoms with Crippen molar-refractivity contribution in [2.24, 2.45) is 0 Å². The van der Waals surface area contributed by atoms with Crippen molar-refractivity contribution in [1.82, 2.24) is 14.6 Å². The number of fused-ring (bicyclic) bond motifs is 1. The lowest BCUT2D eigenvalue weighted by Crippen LogP contribution is -2.36. The number of benzene rings is 2. The van der Waals surface area contributed by atoms with Gasteiger partial charge in [-0.05, 0) is 53.9 Å². The maximum atomic E-state index is 5.65. The Kier molecular flexibility index (Phi) is 5.88. The fourth-order valence-electron chi connectivity index (χ4n) is 4.15. The minimum absolute atomic E-state index is 0.419. The molecule has 0 unspecified atom stereocenters. The van der Waals surface area contributed by atoms with Gasteiger partial charge >= 0.3 is 0 Å². The van der Waals surface area contributed by atoms with E-state index in [1.807, 2.05) is 24.5 Å². The summed E-state index contributed by atoms with van der Waals surface area (Å²) in [5, 5.41) is 7.94. The lowest BCUT2D eigenvalue weighted by Gasteiger charge is -2.28. The Morgan fingerprint density at radius 1 is 1.00 bits per heavy atom. The molecular weight excluding hydrogens is 414 g/mol. The van der Waals surface area contributed by atoms with Gasteiger partial charge in [-0.3, -0.25) is 0 Å². The first-order chi connectivity index (χ1) is 16.1. The lowest BCUT2D eigenvalue weighted by molar-refractivity contribution is 0.122. The van der Waals surface area contributed by atoms with Crippen LogP contribution in [0.3, 0.4) is 0 Å². The van der Waals surface area contributed by atoms with Crippen LogP contribution in [0.5, 0.6) is 5.75 Å². The summed E-state index contributed by atoms with van der Waals surface area (Å²) in [5.41, 5.74) is 6.18. The van der Waals surface area contributed by atoms with E-state index in [0.29, 0.717) is 5.92 Å². The summed E-state index contributed by atoms with van der Waals surface area (Å²) in [7, 11) is 1.70. The Labute approximate surface area is 194 Å². The van der Waals surface area contributed by atoms with Crippen molar-refractivity contribution in [3.05, 3.63) is 66.5 Å². The Morgan fingerprint density at radius 2 is 1.79 bits per heavy atom. The van der Waals surface area contributed by atoms with Crippen molar-refractivity contribution in [3.63, 3.8) is 0 Å². The molecule has 0 aliphatic carbocycles. The molecule has 7 heteroatoms. The van der Waals surface area contributed by atoms with Crippen LogP contribution in [0, 0.1) is 0 Å². The molecule has 1 aliphatic rings. The number of aromatic nitrogens is 3. The molecule has 0 bridgehead atoms. The van der Waals surface area contributed by atoms with E-state index in [-0.39, 0.29) is 0 Å².